The molecular weight excluding hydrogens is 219 g/mol. The lowest BCUT2D eigenvalue weighted by Gasteiger charge is -2.13. The van der Waals surface area contributed by atoms with E-state index in [-0.39, 0.29) is 5.92 Å². The zero-order valence-corrected chi connectivity index (χ0v) is 9.68. The number of nitrogens with two attached hydrogens (primary N) is 1. The van der Waals surface area contributed by atoms with E-state index >= 15 is 0 Å². The SMILES string of the molecule is CC(C)c1c(N)ncnc1-c1ccncc1F. The standard InChI is InChI=1S/C12H13FN4/c1-7(2)10-11(16-6-17-12(10)14)8-3-4-15-5-9(8)13/h3-7H,1-2H3,(H2,14,16,17). The molecule has 0 aliphatic heterocycles. The molecular formula is C12H13FN4. The van der Waals surface area contributed by atoms with Crippen LogP contribution in [0.5, 0.6) is 0 Å². The number of anilines is 1. The van der Waals surface area contributed by atoms with Crippen LogP contribution in [0, 0.1) is 5.82 Å². The van der Waals surface area contributed by atoms with Gasteiger partial charge in [0.2, 0.25) is 0 Å². The van der Waals surface area contributed by atoms with Crippen LogP contribution in [0.25, 0.3) is 11.3 Å². The predicted molar refractivity (Wildman–Crippen MR) is 63.7 cm³/mol. The van der Waals surface area contributed by atoms with E-state index in [9.17, 15) is 4.39 Å². The van der Waals surface area contributed by atoms with Crippen LogP contribution in [0.4, 0.5) is 10.2 Å². The summed E-state index contributed by atoms with van der Waals surface area (Å²) >= 11 is 0. The Morgan fingerprint density at radius 1 is 1.29 bits per heavy atom. The second kappa shape index (κ2) is 4.45. The minimum atomic E-state index is -0.410. The first-order valence-corrected chi connectivity index (χ1v) is 5.31. The number of hydrogen-bond donors (Lipinski definition) is 1. The van der Waals surface area contributed by atoms with E-state index < -0.39 is 5.82 Å². The number of pyridine rings is 1. The van der Waals surface area contributed by atoms with Gasteiger partial charge in [-0.15, -0.1) is 0 Å². The van der Waals surface area contributed by atoms with Crippen molar-refractivity contribution in [3.8, 4) is 11.3 Å². The largest absolute Gasteiger partial charge is 0.383 e. The molecule has 17 heavy (non-hydrogen) atoms. The molecule has 0 radical (unpaired) electrons. The number of halogens is 1. The molecule has 0 spiro atoms. The fourth-order valence-electron chi connectivity index (χ4n) is 1.76. The van der Waals surface area contributed by atoms with Crippen LogP contribution in [0.3, 0.4) is 0 Å². The highest BCUT2D eigenvalue weighted by atomic mass is 19.1. The average Bonchev–Trinajstić information content (AvgIpc) is 2.28. The number of hydrogen-bond acceptors (Lipinski definition) is 4. The summed E-state index contributed by atoms with van der Waals surface area (Å²) in [7, 11) is 0. The van der Waals surface area contributed by atoms with Gasteiger partial charge in [-0.05, 0) is 12.0 Å². The molecule has 2 aromatic heterocycles. The Bertz CT molecular complexity index is 540. The Balaban J connectivity index is 2.68. The van der Waals surface area contributed by atoms with Crippen LogP contribution >= 0.6 is 0 Å². The molecule has 0 atom stereocenters. The minimum absolute atomic E-state index is 0.124. The van der Waals surface area contributed by atoms with Gasteiger partial charge in [-0.25, -0.2) is 14.4 Å². The molecule has 0 saturated carbocycles. The second-order valence-electron chi connectivity index (χ2n) is 4.03. The summed E-state index contributed by atoms with van der Waals surface area (Å²) in [6, 6.07) is 1.59. The van der Waals surface area contributed by atoms with Crippen LogP contribution in [0.1, 0.15) is 25.3 Å². The van der Waals surface area contributed by atoms with Crippen molar-refractivity contribution in [1.29, 1.82) is 0 Å². The molecule has 4 nitrogen and oxygen atoms in total. The molecule has 0 aliphatic rings. The lowest BCUT2D eigenvalue weighted by molar-refractivity contribution is 0.624. The molecule has 2 rings (SSSR count). The minimum Gasteiger partial charge on any atom is -0.383 e. The molecule has 2 N–H and O–H groups in total. The van der Waals surface area contributed by atoms with Crippen molar-refractivity contribution in [2.24, 2.45) is 0 Å². The van der Waals surface area contributed by atoms with Crippen molar-refractivity contribution in [1.82, 2.24) is 15.0 Å². The Morgan fingerprint density at radius 2 is 2.06 bits per heavy atom. The molecule has 0 saturated heterocycles. The number of nitrogen functional groups attached to an aromatic ring is 1. The van der Waals surface area contributed by atoms with Gasteiger partial charge in [0.15, 0.2) is 5.82 Å². The third kappa shape index (κ3) is 2.08. The van der Waals surface area contributed by atoms with Crippen LogP contribution in [0.15, 0.2) is 24.8 Å². The molecule has 5 heteroatoms. The highest BCUT2D eigenvalue weighted by Gasteiger charge is 2.16. The van der Waals surface area contributed by atoms with Gasteiger partial charge in [-0.1, -0.05) is 13.8 Å². The molecule has 0 bridgehead atoms. The van der Waals surface area contributed by atoms with Crippen LogP contribution in [0.2, 0.25) is 0 Å². The van der Waals surface area contributed by atoms with Gasteiger partial charge in [0, 0.05) is 17.3 Å². The molecule has 88 valence electrons. The summed E-state index contributed by atoms with van der Waals surface area (Å²) in [5, 5.41) is 0. The van der Waals surface area contributed by atoms with E-state index in [0.717, 1.165) is 11.8 Å². The fraction of sp³-hybridized carbons (Fsp3) is 0.250. The summed E-state index contributed by atoms with van der Waals surface area (Å²) < 4.78 is 13.7. The number of nitrogens with zero attached hydrogens (tertiary/aromatic N) is 3. The van der Waals surface area contributed by atoms with Crippen molar-refractivity contribution >= 4 is 5.82 Å². The van der Waals surface area contributed by atoms with Gasteiger partial charge in [-0.3, -0.25) is 4.98 Å². The molecule has 2 aromatic rings. The van der Waals surface area contributed by atoms with E-state index in [0.29, 0.717) is 17.1 Å². The average molecular weight is 232 g/mol. The first-order valence-electron chi connectivity index (χ1n) is 5.31. The zero-order valence-electron chi connectivity index (χ0n) is 9.68. The molecule has 0 aromatic carbocycles. The summed E-state index contributed by atoms with van der Waals surface area (Å²) in [6.07, 6.45) is 4.04. The van der Waals surface area contributed by atoms with E-state index in [1.165, 1.54) is 12.5 Å². The van der Waals surface area contributed by atoms with Crippen molar-refractivity contribution in [3.05, 3.63) is 36.2 Å². The first-order chi connectivity index (χ1) is 8.11. The predicted octanol–water partition coefficient (Wildman–Crippen LogP) is 2.38. The number of rotatable bonds is 2. The Labute approximate surface area is 98.7 Å². The molecule has 0 fully saturated rings. The molecule has 0 aliphatic carbocycles. The number of aromatic nitrogens is 3. The lowest BCUT2D eigenvalue weighted by Crippen LogP contribution is -2.05. The first kappa shape index (κ1) is 11.4. The maximum absolute atomic E-state index is 13.7. The topological polar surface area (TPSA) is 64.7 Å². The maximum Gasteiger partial charge on any atom is 0.150 e. The van der Waals surface area contributed by atoms with Crippen LogP contribution < -0.4 is 5.73 Å². The van der Waals surface area contributed by atoms with E-state index in [1.807, 2.05) is 13.8 Å². The van der Waals surface area contributed by atoms with E-state index in [1.54, 1.807) is 6.07 Å². The van der Waals surface area contributed by atoms with Gasteiger partial charge in [0.05, 0.1) is 11.9 Å². The third-order valence-electron chi connectivity index (χ3n) is 2.52. The lowest BCUT2D eigenvalue weighted by atomic mass is 9.98. The van der Waals surface area contributed by atoms with Crippen molar-refractivity contribution in [3.63, 3.8) is 0 Å². The summed E-state index contributed by atoms with van der Waals surface area (Å²) in [4.78, 5) is 11.8. The zero-order chi connectivity index (χ0) is 12.4. The van der Waals surface area contributed by atoms with Crippen LogP contribution in [-0.4, -0.2) is 15.0 Å². The van der Waals surface area contributed by atoms with Crippen LogP contribution in [-0.2, 0) is 0 Å². The van der Waals surface area contributed by atoms with Gasteiger partial charge in [0.1, 0.15) is 12.1 Å². The highest BCUT2D eigenvalue weighted by molar-refractivity contribution is 5.68. The van der Waals surface area contributed by atoms with E-state index in [4.69, 9.17) is 5.73 Å². The van der Waals surface area contributed by atoms with Crippen molar-refractivity contribution < 1.29 is 4.39 Å². The Hall–Kier alpha value is -2.04. The normalized spacial score (nSPS) is 10.8. The fourth-order valence-corrected chi connectivity index (χ4v) is 1.76. The summed E-state index contributed by atoms with van der Waals surface area (Å²) in [5.74, 6) is 0.104. The summed E-state index contributed by atoms with van der Waals surface area (Å²) in [6.45, 7) is 3.94. The smallest absolute Gasteiger partial charge is 0.150 e. The molecule has 0 unspecified atom stereocenters. The van der Waals surface area contributed by atoms with Gasteiger partial charge in [0.25, 0.3) is 0 Å². The quantitative estimate of drug-likeness (QED) is 0.863. The Morgan fingerprint density at radius 3 is 2.71 bits per heavy atom. The van der Waals surface area contributed by atoms with Gasteiger partial charge in [-0.2, -0.15) is 0 Å². The molecule has 0 amide bonds. The monoisotopic (exact) mass is 232 g/mol. The second-order valence-corrected chi connectivity index (χ2v) is 4.03. The third-order valence-corrected chi connectivity index (χ3v) is 2.52. The van der Waals surface area contributed by atoms with Gasteiger partial charge >= 0.3 is 0 Å². The highest BCUT2D eigenvalue weighted by Crippen LogP contribution is 2.31. The molecule has 2 heterocycles. The van der Waals surface area contributed by atoms with Crippen molar-refractivity contribution in [2.45, 2.75) is 19.8 Å². The van der Waals surface area contributed by atoms with Gasteiger partial charge < -0.3 is 5.73 Å². The Kier molecular flexibility index (Phi) is 2.99. The van der Waals surface area contributed by atoms with Crippen molar-refractivity contribution in [2.75, 3.05) is 5.73 Å². The summed E-state index contributed by atoms with van der Waals surface area (Å²) in [5.41, 5.74) is 7.52. The van der Waals surface area contributed by atoms with E-state index in [2.05, 4.69) is 15.0 Å². The maximum atomic E-state index is 13.7.